The van der Waals surface area contributed by atoms with Gasteiger partial charge in [-0.2, -0.15) is 5.26 Å². The van der Waals surface area contributed by atoms with Gasteiger partial charge in [0.15, 0.2) is 0 Å². The largest absolute Gasteiger partial charge is 0.497 e. The highest BCUT2D eigenvalue weighted by molar-refractivity contribution is 7.91. The second-order valence-electron chi connectivity index (χ2n) is 4.23. The number of benzene rings is 1. The van der Waals surface area contributed by atoms with Crippen molar-refractivity contribution in [3.8, 4) is 11.8 Å². The molecule has 0 unspecified atom stereocenters. The normalized spacial score (nSPS) is 11.0. The van der Waals surface area contributed by atoms with Gasteiger partial charge in [-0.1, -0.05) is 12.1 Å². The minimum atomic E-state index is -3.54. The molecule has 0 saturated heterocycles. The molecule has 0 atom stereocenters. The fraction of sp³-hybridized carbons (Fsp3) is 0.214. The molecule has 1 aromatic heterocycles. The van der Waals surface area contributed by atoms with E-state index in [0.717, 1.165) is 22.6 Å². The molecule has 0 aliphatic heterocycles. The van der Waals surface area contributed by atoms with Crippen molar-refractivity contribution in [1.82, 2.24) is 4.72 Å². The molecule has 2 aromatic rings. The number of thiophene rings is 1. The van der Waals surface area contributed by atoms with E-state index in [4.69, 9.17) is 10.00 Å². The molecule has 5 nitrogen and oxygen atoms in total. The molecule has 21 heavy (non-hydrogen) atoms. The van der Waals surface area contributed by atoms with Gasteiger partial charge >= 0.3 is 0 Å². The van der Waals surface area contributed by atoms with Gasteiger partial charge in [0.2, 0.25) is 10.0 Å². The maximum atomic E-state index is 12.0. The van der Waals surface area contributed by atoms with Crippen molar-refractivity contribution < 1.29 is 13.2 Å². The van der Waals surface area contributed by atoms with Crippen LogP contribution in [0.1, 0.15) is 10.4 Å². The van der Waals surface area contributed by atoms with Crippen LogP contribution in [0.2, 0.25) is 0 Å². The Balaban J connectivity index is 1.94. The van der Waals surface area contributed by atoms with E-state index in [1.165, 1.54) is 12.1 Å². The van der Waals surface area contributed by atoms with Crippen molar-refractivity contribution in [2.24, 2.45) is 0 Å². The molecule has 1 heterocycles. The number of nitrogens with one attached hydrogen (secondary N) is 1. The third kappa shape index (κ3) is 4.04. The number of rotatable bonds is 6. The van der Waals surface area contributed by atoms with E-state index in [1.54, 1.807) is 7.11 Å². The van der Waals surface area contributed by atoms with E-state index in [1.807, 2.05) is 30.3 Å². The van der Waals surface area contributed by atoms with Crippen molar-refractivity contribution >= 4 is 21.4 Å². The van der Waals surface area contributed by atoms with Crippen molar-refractivity contribution in [2.45, 2.75) is 10.6 Å². The summed E-state index contributed by atoms with van der Waals surface area (Å²) in [5, 5.41) is 8.72. The summed E-state index contributed by atoms with van der Waals surface area (Å²) >= 11 is 0.963. The third-order valence-corrected chi connectivity index (χ3v) is 5.76. The Bertz CT molecular complexity index is 743. The van der Waals surface area contributed by atoms with Crippen LogP contribution < -0.4 is 9.46 Å². The van der Waals surface area contributed by atoms with Crippen LogP contribution in [0.15, 0.2) is 40.6 Å². The lowest BCUT2D eigenvalue weighted by Crippen LogP contribution is -2.25. The molecule has 0 fully saturated rings. The minimum Gasteiger partial charge on any atom is -0.497 e. The van der Waals surface area contributed by atoms with Gasteiger partial charge in [0.1, 0.15) is 20.9 Å². The summed E-state index contributed by atoms with van der Waals surface area (Å²) in [7, 11) is -1.94. The van der Waals surface area contributed by atoms with Gasteiger partial charge in [0.25, 0.3) is 0 Å². The zero-order chi connectivity index (χ0) is 15.3. The lowest BCUT2D eigenvalue weighted by atomic mass is 10.1. The van der Waals surface area contributed by atoms with Crippen molar-refractivity contribution in [2.75, 3.05) is 13.7 Å². The van der Waals surface area contributed by atoms with Gasteiger partial charge in [-0.15, -0.1) is 11.3 Å². The number of sulfonamides is 1. The van der Waals surface area contributed by atoms with Gasteiger partial charge in [0, 0.05) is 6.54 Å². The van der Waals surface area contributed by atoms with Gasteiger partial charge in [-0.05, 0) is 36.2 Å². The van der Waals surface area contributed by atoms with Crippen LogP contribution in [0.4, 0.5) is 0 Å². The van der Waals surface area contributed by atoms with Gasteiger partial charge < -0.3 is 4.74 Å². The van der Waals surface area contributed by atoms with Crippen LogP contribution in [0, 0.1) is 11.3 Å². The van der Waals surface area contributed by atoms with E-state index < -0.39 is 10.0 Å². The van der Waals surface area contributed by atoms with E-state index >= 15 is 0 Å². The molecule has 0 amide bonds. The van der Waals surface area contributed by atoms with Gasteiger partial charge in [0.05, 0.1) is 7.11 Å². The third-order valence-electron chi connectivity index (χ3n) is 2.82. The molecular weight excluding hydrogens is 308 g/mol. The second-order valence-corrected chi connectivity index (χ2v) is 7.30. The zero-order valence-electron chi connectivity index (χ0n) is 11.4. The number of ether oxygens (including phenoxy) is 1. The second kappa shape index (κ2) is 6.72. The van der Waals surface area contributed by atoms with Crippen LogP contribution >= 0.6 is 11.3 Å². The fourth-order valence-electron chi connectivity index (χ4n) is 1.72. The highest BCUT2D eigenvalue weighted by Crippen LogP contribution is 2.20. The van der Waals surface area contributed by atoms with E-state index in [9.17, 15) is 8.42 Å². The summed E-state index contributed by atoms with van der Waals surface area (Å²) in [4.78, 5) is 0.380. The summed E-state index contributed by atoms with van der Waals surface area (Å²) in [6, 6.07) is 12.3. The lowest BCUT2D eigenvalue weighted by molar-refractivity contribution is 0.414. The van der Waals surface area contributed by atoms with Crippen LogP contribution in [0.3, 0.4) is 0 Å². The number of hydrogen-bond donors (Lipinski definition) is 1. The predicted molar refractivity (Wildman–Crippen MR) is 80.9 cm³/mol. The Morgan fingerprint density at radius 3 is 2.52 bits per heavy atom. The zero-order valence-corrected chi connectivity index (χ0v) is 13.0. The summed E-state index contributed by atoms with van der Waals surface area (Å²) in [5.74, 6) is 0.766. The fourth-order valence-corrected chi connectivity index (χ4v) is 3.90. The van der Waals surface area contributed by atoms with Crippen LogP contribution in [-0.4, -0.2) is 22.1 Å². The first-order valence-electron chi connectivity index (χ1n) is 6.17. The molecule has 0 saturated carbocycles. The number of hydrogen-bond acceptors (Lipinski definition) is 5. The van der Waals surface area contributed by atoms with Crippen molar-refractivity contribution in [3.63, 3.8) is 0 Å². The Kier molecular flexibility index (Phi) is 4.96. The monoisotopic (exact) mass is 322 g/mol. The molecule has 0 aliphatic carbocycles. The summed E-state index contributed by atoms with van der Waals surface area (Å²) in [6.07, 6.45) is 0.583. The maximum Gasteiger partial charge on any atom is 0.250 e. The smallest absolute Gasteiger partial charge is 0.250 e. The van der Waals surface area contributed by atoms with Crippen molar-refractivity contribution in [3.05, 3.63) is 46.8 Å². The van der Waals surface area contributed by atoms with E-state index in [2.05, 4.69) is 4.72 Å². The topological polar surface area (TPSA) is 79.2 Å². The van der Waals surface area contributed by atoms with Gasteiger partial charge in [-0.3, -0.25) is 0 Å². The number of nitrogens with zero attached hydrogens (tertiary/aromatic N) is 1. The maximum absolute atomic E-state index is 12.0. The molecule has 0 spiro atoms. The van der Waals surface area contributed by atoms with Gasteiger partial charge in [-0.25, -0.2) is 13.1 Å². The average molecular weight is 322 g/mol. The summed E-state index contributed by atoms with van der Waals surface area (Å²) < 4.78 is 31.8. The first-order valence-corrected chi connectivity index (χ1v) is 8.47. The Morgan fingerprint density at radius 1 is 1.24 bits per heavy atom. The highest BCUT2D eigenvalue weighted by atomic mass is 32.2. The average Bonchev–Trinajstić information content (AvgIpc) is 2.98. The standard InChI is InChI=1S/C14H14N2O3S2/c1-19-12-4-2-11(3-5-12)8-9-16-21(17,18)14-7-6-13(10-15)20-14/h2-7,16H,8-9H2,1H3. The summed E-state index contributed by atoms with van der Waals surface area (Å²) in [6.45, 7) is 0.300. The SMILES string of the molecule is COc1ccc(CCNS(=O)(=O)c2ccc(C#N)s2)cc1. The molecule has 2 rings (SSSR count). The molecule has 110 valence electrons. The molecule has 1 aromatic carbocycles. The lowest BCUT2D eigenvalue weighted by Gasteiger charge is -2.05. The molecule has 1 N–H and O–H groups in total. The molecule has 0 bridgehead atoms. The molecule has 7 heteroatoms. The first-order chi connectivity index (χ1) is 10.0. The number of nitriles is 1. The first kappa shape index (κ1) is 15.5. The number of methoxy groups -OCH3 is 1. The predicted octanol–water partition coefficient (Wildman–Crippen LogP) is 2.15. The molecule has 0 aliphatic rings. The van der Waals surface area contributed by atoms with E-state index in [0.29, 0.717) is 17.8 Å². The Hall–Kier alpha value is -1.88. The van der Waals surface area contributed by atoms with Crippen molar-refractivity contribution in [1.29, 1.82) is 5.26 Å². The molecule has 0 radical (unpaired) electrons. The Morgan fingerprint density at radius 2 is 1.95 bits per heavy atom. The van der Waals surface area contributed by atoms with E-state index in [-0.39, 0.29) is 4.21 Å². The van der Waals surface area contributed by atoms with Crippen LogP contribution in [-0.2, 0) is 16.4 Å². The van der Waals surface area contributed by atoms with Crippen LogP contribution in [0.25, 0.3) is 0 Å². The van der Waals surface area contributed by atoms with Crippen LogP contribution in [0.5, 0.6) is 5.75 Å². The quantitative estimate of drug-likeness (QED) is 0.884. The summed E-state index contributed by atoms with van der Waals surface area (Å²) in [5.41, 5.74) is 1.02. The highest BCUT2D eigenvalue weighted by Gasteiger charge is 2.16. The minimum absolute atomic E-state index is 0.161. The Labute approximate surface area is 127 Å². The molecular formula is C14H14N2O3S2.